The van der Waals surface area contributed by atoms with Crippen LogP contribution in [0.4, 0.5) is 17.1 Å². The Kier molecular flexibility index (Phi) is 5.42. The van der Waals surface area contributed by atoms with Crippen molar-refractivity contribution in [2.24, 2.45) is 5.84 Å². The van der Waals surface area contributed by atoms with Gasteiger partial charge in [0, 0.05) is 12.2 Å². The Hall–Kier alpha value is -4.96. The van der Waals surface area contributed by atoms with E-state index in [1.165, 1.54) is 61.4 Å². The smallest absolute Gasteiger partial charge is 0.0754 e. The molecular weight excluding hydrogens is 498 g/mol. The summed E-state index contributed by atoms with van der Waals surface area (Å²) < 4.78 is 0. The number of hydrogen-bond donors (Lipinski definition) is 2. The lowest BCUT2D eigenvalue weighted by molar-refractivity contribution is 0.741. The maximum Gasteiger partial charge on any atom is 0.0754 e. The van der Waals surface area contributed by atoms with Gasteiger partial charge in [0.2, 0.25) is 0 Å². The van der Waals surface area contributed by atoms with Crippen LogP contribution in [0.2, 0.25) is 0 Å². The van der Waals surface area contributed by atoms with E-state index in [1.54, 1.807) is 0 Å². The number of hydrazine groups is 1. The van der Waals surface area contributed by atoms with Crippen LogP contribution in [0.15, 0.2) is 146 Å². The summed E-state index contributed by atoms with van der Waals surface area (Å²) in [5, 5.41) is 0. The van der Waals surface area contributed by atoms with E-state index in [9.17, 15) is 0 Å². The molecule has 6 aromatic rings. The average Bonchev–Trinajstić information content (AvgIpc) is 3.32. The highest BCUT2D eigenvalue weighted by Crippen LogP contribution is 2.63. The van der Waals surface area contributed by atoms with Gasteiger partial charge >= 0.3 is 0 Å². The molecule has 41 heavy (non-hydrogen) atoms. The molecule has 3 heteroatoms. The Balaban J connectivity index is 1.43. The fraction of sp³-hybridized carbons (Fsp3) is 0.0526. The van der Waals surface area contributed by atoms with Gasteiger partial charge in [0.05, 0.1) is 16.8 Å². The molecule has 0 atom stereocenters. The van der Waals surface area contributed by atoms with Gasteiger partial charge < -0.3 is 4.90 Å². The summed E-state index contributed by atoms with van der Waals surface area (Å²) in [4.78, 5) is 2.42. The van der Waals surface area contributed by atoms with Crippen LogP contribution in [0.5, 0.6) is 0 Å². The molecule has 1 spiro atoms. The Morgan fingerprint density at radius 3 is 1.85 bits per heavy atom. The highest BCUT2D eigenvalue weighted by Gasteiger charge is 2.51. The second-order valence-corrected chi connectivity index (χ2v) is 10.8. The lowest BCUT2D eigenvalue weighted by atomic mass is 9.64. The zero-order valence-electron chi connectivity index (χ0n) is 22.6. The molecule has 1 heterocycles. The molecule has 0 saturated heterocycles. The molecule has 196 valence electrons. The first-order valence-electron chi connectivity index (χ1n) is 14.1. The predicted molar refractivity (Wildman–Crippen MR) is 168 cm³/mol. The number of nitrogens with one attached hydrogen (secondary N) is 1. The van der Waals surface area contributed by atoms with Crippen molar-refractivity contribution in [2.75, 3.05) is 4.90 Å². The summed E-state index contributed by atoms with van der Waals surface area (Å²) >= 11 is 0. The summed E-state index contributed by atoms with van der Waals surface area (Å²) in [5.41, 5.74) is 17.4. The highest BCUT2D eigenvalue weighted by molar-refractivity contribution is 5.96. The van der Waals surface area contributed by atoms with Crippen molar-refractivity contribution in [1.82, 2.24) is 5.43 Å². The normalized spacial score (nSPS) is 13.8. The molecule has 0 fully saturated rings. The molecule has 0 amide bonds. The fourth-order valence-electron chi connectivity index (χ4n) is 7.12. The van der Waals surface area contributed by atoms with Gasteiger partial charge in [-0.2, -0.15) is 0 Å². The largest absolute Gasteiger partial charge is 0.310 e. The van der Waals surface area contributed by atoms with Crippen molar-refractivity contribution >= 4 is 17.1 Å². The van der Waals surface area contributed by atoms with Crippen molar-refractivity contribution in [1.29, 1.82) is 0 Å². The van der Waals surface area contributed by atoms with Crippen LogP contribution in [0.25, 0.3) is 22.3 Å². The minimum Gasteiger partial charge on any atom is -0.310 e. The third kappa shape index (κ3) is 3.40. The SMILES string of the molecule is NNCc1cccc(-c2ccc3c(c2)-c2ccccc2C32c3ccccc3N(c3ccccc3)c3ccccc32)c1. The maximum atomic E-state index is 5.63. The zero-order valence-corrected chi connectivity index (χ0v) is 22.6. The molecule has 8 rings (SSSR count). The van der Waals surface area contributed by atoms with Gasteiger partial charge in [0.1, 0.15) is 0 Å². The second-order valence-electron chi connectivity index (χ2n) is 10.8. The summed E-state index contributed by atoms with van der Waals surface area (Å²) in [5.74, 6) is 5.63. The lowest BCUT2D eigenvalue weighted by Gasteiger charge is -2.45. The van der Waals surface area contributed by atoms with Crippen molar-refractivity contribution < 1.29 is 0 Å². The molecule has 3 N–H and O–H groups in total. The van der Waals surface area contributed by atoms with Crippen LogP contribution >= 0.6 is 0 Å². The summed E-state index contributed by atoms with van der Waals surface area (Å²) in [6.45, 7) is 0.635. The minimum atomic E-state index is -0.422. The molecule has 6 aromatic carbocycles. The standard InChI is InChI=1S/C38H29N3/c39-40-25-26-11-10-12-27(23-26)28-21-22-33-31(24-28)30-15-4-5-16-32(30)38(33)34-17-6-8-19-36(34)41(29-13-2-1-3-14-29)37-20-9-7-18-35(37)38/h1-24,40H,25,39H2. The van der Waals surface area contributed by atoms with E-state index in [0.717, 1.165) is 5.69 Å². The van der Waals surface area contributed by atoms with E-state index in [1.807, 2.05) is 0 Å². The van der Waals surface area contributed by atoms with E-state index in [0.29, 0.717) is 6.54 Å². The van der Waals surface area contributed by atoms with Gasteiger partial charge in [-0.25, -0.2) is 0 Å². The first-order chi connectivity index (χ1) is 20.3. The fourth-order valence-corrected chi connectivity index (χ4v) is 7.12. The number of anilines is 3. The molecule has 3 nitrogen and oxygen atoms in total. The van der Waals surface area contributed by atoms with E-state index in [4.69, 9.17) is 5.84 Å². The van der Waals surface area contributed by atoms with Gasteiger partial charge in [0.25, 0.3) is 0 Å². The Morgan fingerprint density at radius 1 is 0.512 bits per heavy atom. The zero-order chi connectivity index (χ0) is 27.4. The average molecular weight is 528 g/mol. The lowest BCUT2D eigenvalue weighted by Crippen LogP contribution is -2.36. The molecule has 2 aliphatic rings. The van der Waals surface area contributed by atoms with Crippen molar-refractivity contribution in [3.63, 3.8) is 0 Å². The van der Waals surface area contributed by atoms with E-state index >= 15 is 0 Å². The summed E-state index contributed by atoms with van der Waals surface area (Å²) in [6.07, 6.45) is 0. The number of para-hydroxylation sites is 3. The van der Waals surface area contributed by atoms with Crippen LogP contribution < -0.4 is 16.2 Å². The third-order valence-corrected chi connectivity index (χ3v) is 8.72. The number of fused-ring (bicyclic) bond motifs is 9. The Bertz CT molecular complexity index is 1880. The monoisotopic (exact) mass is 527 g/mol. The van der Waals surface area contributed by atoms with Crippen molar-refractivity contribution in [3.05, 3.63) is 173 Å². The van der Waals surface area contributed by atoms with Gasteiger partial charge in [-0.3, -0.25) is 11.3 Å². The molecule has 1 aliphatic carbocycles. The summed E-state index contributed by atoms with van der Waals surface area (Å²) in [7, 11) is 0. The number of nitrogens with zero attached hydrogens (tertiary/aromatic N) is 1. The van der Waals surface area contributed by atoms with E-state index in [-0.39, 0.29) is 0 Å². The van der Waals surface area contributed by atoms with Crippen LogP contribution in [0, 0.1) is 0 Å². The molecule has 0 bridgehead atoms. The first kappa shape index (κ1) is 23.9. The number of benzene rings is 6. The topological polar surface area (TPSA) is 41.3 Å². The second kappa shape index (κ2) is 9.31. The molecule has 0 radical (unpaired) electrons. The number of nitrogens with two attached hydrogens (primary N) is 1. The van der Waals surface area contributed by atoms with Gasteiger partial charge in [-0.15, -0.1) is 0 Å². The van der Waals surface area contributed by atoms with E-state index < -0.39 is 5.41 Å². The molecule has 0 saturated carbocycles. The summed E-state index contributed by atoms with van der Waals surface area (Å²) in [6, 6.07) is 53.2. The third-order valence-electron chi connectivity index (χ3n) is 8.72. The van der Waals surface area contributed by atoms with E-state index in [2.05, 4.69) is 156 Å². The molecule has 1 aliphatic heterocycles. The number of hydrogen-bond acceptors (Lipinski definition) is 3. The molecular formula is C38H29N3. The Labute approximate surface area is 240 Å². The van der Waals surface area contributed by atoms with Gasteiger partial charge in [-0.1, -0.05) is 109 Å². The van der Waals surface area contributed by atoms with Crippen molar-refractivity contribution in [2.45, 2.75) is 12.0 Å². The minimum absolute atomic E-state index is 0.422. The van der Waals surface area contributed by atoms with Crippen molar-refractivity contribution in [3.8, 4) is 22.3 Å². The Morgan fingerprint density at radius 2 is 1.12 bits per heavy atom. The van der Waals surface area contributed by atoms with Gasteiger partial charge in [0.15, 0.2) is 0 Å². The molecule has 0 unspecified atom stereocenters. The first-order valence-corrected chi connectivity index (χ1v) is 14.1. The van der Waals surface area contributed by atoms with Gasteiger partial charge in [-0.05, 0) is 86.5 Å². The van der Waals surface area contributed by atoms with Crippen LogP contribution in [0.3, 0.4) is 0 Å². The van der Waals surface area contributed by atoms with Crippen LogP contribution in [0.1, 0.15) is 27.8 Å². The number of rotatable bonds is 4. The van der Waals surface area contributed by atoms with Crippen LogP contribution in [-0.2, 0) is 12.0 Å². The maximum absolute atomic E-state index is 5.63. The highest BCUT2D eigenvalue weighted by atomic mass is 15.2. The predicted octanol–water partition coefficient (Wildman–Crippen LogP) is 8.46. The molecule has 0 aromatic heterocycles. The van der Waals surface area contributed by atoms with Crippen LogP contribution in [-0.4, -0.2) is 0 Å². The quantitative estimate of drug-likeness (QED) is 0.178.